The predicted molar refractivity (Wildman–Crippen MR) is 121 cm³/mol. The predicted octanol–water partition coefficient (Wildman–Crippen LogP) is 5.26. The lowest BCUT2D eigenvalue weighted by Gasteiger charge is -2.10. The Balaban J connectivity index is 1.67. The van der Waals surface area contributed by atoms with E-state index in [1.165, 1.54) is 28.8 Å². The monoisotopic (exact) mass is 483 g/mol. The number of carbonyl (C=O) groups excluding carboxylic acids is 1. The number of rotatable bonds is 4. The fraction of sp³-hybridized carbons (Fsp3) is 0.0455. The van der Waals surface area contributed by atoms with Gasteiger partial charge in [-0.2, -0.15) is 0 Å². The molecule has 150 valence electrons. The second-order valence-corrected chi connectivity index (χ2v) is 7.98. The Hall–Kier alpha value is -3.10. The number of aromatic nitrogens is 2. The molecule has 0 spiro atoms. The summed E-state index contributed by atoms with van der Waals surface area (Å²) >= 11 is 8.81. The number of hydrogen-bond acceptors (Lipinski definition) is 3. The summed E-state index contributed by atoms with van der Waals surface area (Å²) in [4.78, 5) is 28.5. The summed E-state index contributed by atoms with van der Waals surface area (Å²) in [6.45, 7) is 0.330. The van der Waals surface area contributed by atoms with Crippen LogP contribution in [0.5, 0.6) is 0 Å². The number of amides is 1. The number of hydrogen-bond donors (Lipinski definition) is 2. The minimum atomic E-state index is -0.384. The van der Waals surface area contributed by atoms with Gasteiger partial charge in [0.15, 0.2) is 4.77 Å². The Morgan fingerprint density at radius 1 is 1.10 bits per heavy atom. The van der Waals surface area contributed by atoms with Gasteiger partial charge >= 0.3 is 0 Å². The molecule has 0 aliphatic rings. The molecule has 0 saturated heterocycles. The molecule has 0 aliphatic carbocycles. The standard InChI is InChI=1S/C22H15BrFN3O2S/c23-15-3-1-2-13(10-15)12-27-21(29)18-9-4-14(11-19(18)26-22(27)30)20(28)25-17-7-5-16(24)6-8-17/h1-11H,12H2,(H,25,28)(H,26,30). The molecule has 0 aliphatic heterocycles. The van der Waals surface area contributed by atoms with E-state index >= 15 is 0 Å². The van der Waals surface area contributed by atoms with Gasteiger partial charge in [-0.25, -0.2) is 4.39 Å². The van der Waals surface area contributed by atoms with E-state index < -0.39 is 0 Å². The molecule has 4 aromatic rings. The van der Waals surface area contributed by atoms with E-state index in [4.69, 9.17) is 12.2 Å². The lowest BCUT2D eigenvalue weighted by Crippen LogP contribution is -2.23. The third kappa shape index (κ3) is 4.24. The summed E-state index contributed by atoms with van der Waals surface area (Å²) in [6.07, 6.45) is 0. The summed E-state index contributed by atoms with van der Waals surface area (Å²) < 4.78 is 15.7. The first kappa shape index (κ1) is 20.2. The zero-order chi connectivity index (χ0) is 21.3. The summed E-state index contributed by atoms with van der Waals surface area (Å²) in [7, 11) is 0. The molecule has 0 fully saturated rings. The molecule has 0 atom stereocenters. The molecule has 1 amide bonds. The van der Waals surface area contributed by atoms with Crippen LogP contribution in [-0.2, 0) is 6.54 Å². The first-order valence-electron chi connectivity index (χ1n) is 8.99. The van der Waals surface area contributed by atoms with Crippen molar-refractivity contribution in [2.24, 2.45) is 0 Å². The third-order valence-corrected chi connectivity index (χ3v) is 5.39. The number of fused-ring (bicyclic) bond motifs is 1. The van der Waals surface area contributed by atoms with Crippen molar-refractivity contribution >= 4 is 50.6 Å². The molecule has 5 nitrogen and oxygen atoms in total. The molecular formula is C22H15BrFN3O2S. The van der Waals surface area contributed by atoms with Crippen molar-refractivity contribution < 1.29 is 9.18 Å². The average molecular weight is 484 g/mol. The van der Waals surface area contributed by atoms with Gasteiger partial charge in [-0.05, 0) is 72.4 Å². The van der Waals surface area contributed by atoms with Crippen LogP contribution in [0.2, 0.25) is 0 Å². The van der Waals surface area contributed by atoms with Crippen LogP contribution in [0.4, 0.5) is 10.1 Å². The number of aromatic amines is 1. The Kier molecular flexibility index (Phi) is 5.61. The van der Waals surface area contributed by atoms with Gasteiger partial charge in [0.1, 0.15) is 5.82 Å². The van der Waals surface area contributed by atoms with Crippen LogP contribution < -0.4 is 10.9 Å². The molecule has 0 radical (unpaired) electrons. The van der Waals surface area contributed by atoms with Gasteiger partial charge in [0.25, 0.3) is 11.5 Å². The van der Waals surface area contributed by atoms with Gasteiger partial charge in [-0.1, -0.05) is 28.1 Å². The molecule has 1 aromatic heterocycles. The maximum Gasteiger partial charge on any atom is 0.262 e. The molecular weight excluding hydrogens is 469 g/mol. The Labute approximate surface area is 184 Å². The first-order valence-corrected chi connectivity index (χ1v) is 10.2. The first-order chi connectivity index (χ1) is 14.4. The minimum Gasteiger partial charge on any atom is -0.332 e. The molecule has 30 heavy (non-hydrogen) atoms. The molecule has 0 bridgehead atoms. The van der Waals surface area contributed by atoms with Crippen LogP contribution in [0.1, 0.15) is 15.9 Å². The van der Waals surface area contributed by atoms with E-state index in [0.717, 1.165) is 10.0 Å². The number of anilines is 1. The Morgan fingerprint density at radius 3 is 2.60 bits per heavy atom. The number of carbonyl (C=O) groups is 1. The van der Waals surface area contributed by atoms with Crippen LogP contribution in [0.3, 0.4) is 0 Å². The van der Waals surface area contributed by atoms with E-state index in [1.54, 1.807) is 18.2 Å². The maximum atomic E-state index is 13.0. The highest BCUT2D eigenvalue weighted by molar-refractivity contribution is 9.10. The van der Waals surface area contributed by atoms with Gasteiger partial charge in [0.05, 0.1) is 17.4 Å². The van der Waals surface area contributed by atoms with Crippen molar-refractivity contribution in [2.45, 2.75) is 6.54 Å². The minimum absolute atomic E-state index is 0.237. The van der Waals surface area contributed by atoms with E-state index in [2.05, 4.69) is 26.2 Å². The highest BCUT2D eigenvalue weighted by atomic mass is 79.9. The van der Waals surface area contributed by atoms with E-state index in [1.807, 2.05) is 24.3 Å². The second kappa shape index (κ2) is 8.33. The molecule has 0 saturated carbocycles. The maximum absolute atomic E-state index is 13.0. The third-order valence-electron chi connectivity index (χ3n) is 4.58. The van der Waals surface area contributed by atoms with Crippen LogP contribution in [0, 0.1) is 10.6 Å². The SMILES string of the molecule is O=C(Nc1ccc(F)cc1)c1ccc2c(=O)n(Cc3cccc(Br)c3)c(=S)[nH]c2c1. The average Bonchev–Trinajstić information content (AvgIpc) is 2.72. The molecule has 4 rings (SSSR count). The summed E-state index contributed by atoms with van der Waals surface area (Å²) in [5, 5.41) is 3.12. The number of H-pyrrole nitrogens is 1. The molecule has 1 heterocycles. The van der Waals surface area contributed by atoms with E-state index in [9.17, 15) is 14.0 Å². The Morgan fingerprint density at radius 2 is 1.87 bits per heavy atom. The molecule has 2 N–H and O–H groups in total. The van der Waals surface area contributed by atoms with Gasteiger partial charge in [0, 0.05) is 15.7 Å². The number of halogens is 2. The zero-order valence-electron chi connectivity index (χ0n) is 15.5. The van der Waals surface area contributed by atoms with Crippen molar-refractivity contribution in [3.05, 3.63) is 103 Å². The topological polar surface area (TPSA) is 66.9 Å². The fourth-order valence-corrected chi connectivity index (χ4v) is 3.80. The van der Waals surface area contributed by atoms with E-state index in [-0.39, 0.29) is 22.1 Å². The summed E-state index contributed by atoms with van der Waals surface area (Å²) in [5.74, 6) is -0.758. The normalized spacial score (nSPS) is 10.9. The lowest BCUT2D eigenvalue weighted by molar-refractivity contribution is 0.102. The van der Waals surface area contributed by atoms with Crippen molar-refractivity contribution in [3.8, 4) is 0 Å². The van der Waals surface area contributed by atoms with Gasteiger partial charge in [0.2, 0.25) is 0 Å². The van der Waals surface area contributed by atoms with Gasteiger partial charge in [-0.15, -0.1) is 0 Å². The van der Waals surface area contributed by atoms with Crippen molar-refractivity contribution in [3.63, 3.8) is 0 Å². The molecule has 8 heteroatoms. The zero-order valence-corrected chi connectivity index (χ0v) is 17.9. The highest BCUT2D eigenvalue weighted by Crippen LogP contribution is 2.16. The lowest BCUT2D eigenvalue weighted by atomic mass is 10.1. The smallest absolute Gasteiger partial charge is 0.262 e. The summed E-state index contributed by atoms with van der Waals surface area (Å²) in [6, 6.07) is 17.9. The summed E-state index contributed by atoms with van der Waals surface area (Å²) in [5.41, 5.74) is 1.99. The number of nitrogens with zero attached hydrogens (tertiary/aromatic N) is 1. The number of benzene rings is 3. The highest BCUT2D eigenvalue weighted by Gasteiger charge is 2.11. The van der Waals surface area contributed by atoms with Crippen LogP contribution >= 0.6 is 28.1 Å². The van der Waals surface area contributed by atoms with Crippen molar-refractivity contribution in [2.75, 3.05) is 5.32 Å². The van der Waals surface area contributed by atoms with Crippen LogP contribution in [0.15, 0.2) is 76.0 Å². The largest absolute Gasteiger partial charge is 0.332 e. The molecule has 3 aromatic carbocycles. The number of nitrogens with one attached hydrogen (secondary N) is 2. The van der Waals surface area contributed by atoms with Crippen molar-refractivity contribution in [1.29, 1.82) is 0 Å². The van der Waals surface area contributed by atoms with Crippen LogP contribution in [-0.4, -0.2) is 15.5 Å². The van der Waals surface area contributed by atoms with Gasteiger partial charge < -0.3 is 10.3 Å². The van der Waals surface area contributed by atoms with E-state index in [0.29, 0.717) is 28.7 Å². The fourth-order valence-electron chi connectivity index (χ4n) is 3.09. The van der Waals surface area contributed by atoms with Gasteiger partial charge in [-0.3, -0.25) is 14.2 Å². The second-order valence-electron chi connectivity index (χ2n) is 6.67. The van der Waals surface area contributed by atoms with Crippen molar-refractivity contribution in [1.82, 2.24) is 9.55 Å². The quantitative estimate of drug-likeness (QED) is 0.389. The Bertz CT molecular complexity index is 1380. The van der Waals surface area contributed by atoms with Crippen LogP contribution in [0.25, 0.3) is 10.9 Å². The molecule has 0 unspecified atom stereocenters.